The molecule has 1 unspecified atom stereocenters. The number of nitrogens with one attached hydrogen (secondary N) is 1. The third-order valence-corrected chi connectivity index (χ3v) is 3.51. The van der Waals surface area contributed by atoms with E-state index in [9.17, 15) is 18.0 Å². The van der Waals surface area contributed by atoms with E-state index in [0.717, 1.165) is 32.1 Å². The summed E-state index contributed by atoms with van der Waals surface area (Å²) in [6, 6.07) is -0.693. The van der Waals surface area contributed by atoms with Crippen LogP contribution in [0.3, 0.4) is 0 Å². The summed E-state index contributed by atoms with van der Waals surface area (Å²) in [4.78, 5) is 11.6. The number of carbonyl (C=O) groups is 1. The number of amidine groups is 1. The van der Waals surface area contributed by atoms with Gasteiger partial charge in [0.2, 0.25) is 5.91 Å². The predicted octanol–water partition coefficient (Wildman–Crippen LogP) is 2.14. The second-order valence-electron chi connectivity index (χ2n) is 5.08. The van der Waals surface area contributed by atoms with E-state index in [-0.39, 0.29) is 11.8 Å². The Morgan fingerprint density at radius 1 is 1.35 bits per heavy atom. The van der Waals surface area contributed by atoms with Crippen molar-refractivity contribution in [1.82, 2.24) is 5.32 Å². The summed E-state index contributed by atoms with van der Waals surface area (Å²) >= 11 is 0. The molecule has 5 nitrogen and oxygen atoms in total. The van der Waals surface area contributed by atoms with Gasteiger partial charge < -0.3 is 16.3 Å². The zero-order chi connectivity index (χ0) is 15.2. The Hall–Kier alpha value is -1.47. The summed E-state index contributed by atoms with van der Waals surface area (Å²) < 4.78 is 36.2. The molecule has 0 aliphatic heterocycles. The lowest BCUT2D eigenvalue weighted by atomic mass is 9.83. The predicted molar refractivity (Wildman–Crippen MR) is 67.2 cm³/mol. The molecule has 0 aromatic carbocycles. The van der Waals surface area contributed by atoms with Crippen LogP contribution in [0.25, 0.3) is 0 Å². The number of hydrogen-bond acceptors (Lipinski definition) is 3. The summed E-state index contributed by atoms with van der Waals surface area (Å²) in [5.74, 6) is -0.878. The molecule has 116 valence electrons. The van der Waals surface area contributed by atoms with E-state index in [1.165, 1.54) is 0 Å². The molecular weight excluding hydrogens is 275 g/mol. The zero-order valence-corrected chi connectivity index (χ0v) is 11.1. The number of amides is 1. The molecule has 1 fully saturated rings. The van der Waals surface area contributed by atoms with Crippen LogP contribution in [0.2, 0.25) is 0 Å². The molecule has 1 saturated carbocycles. The van der Waals surface area contributed by atoms with Crippen LogP contribution in [0.1, 0.15) is 44.9 Å². The molecule has 1 atom stereocenters. The molecule has 0 saturated heterocycles. The molecule has 0 heterocycles. The van der Waals surface area contributed by atoms with Gasteiger partial charge in [0.15, 0.2) is 5.84 Å². The first kappa shape index (κ1) is 16.6. The number of oxime groups is 1. The van der Waals surface area contributed by atoms with E-state index in [0.29, 0.717) is 0 Å². The Labute approximate surface area is 115 Å². The van der Waals surface area contributed by atoms with Gasteiger partial charge in [0.05, 0.1) is 12.5 Å². The van der Waals surface area contributed by atoms with Gasteiger partial charge in [-0.25, -0.2) is 0 Å². The molecule has 1 aliphatic rings. The van der Waals surface area contributed by atoms with Crippen LogP contribution in [-0.2, 0) is 4.79 Å². The van der Waals surface area contributed by atoms with Crippen molar-refractivity contribution in [2.24, 2.45) is 16.8 Å². The van der Waals surface area contributed by atoms with E-state index in [1.807, 2.05) is 0 Å². The van der Waals surface area contributed by atoms with Crippen molar-refractivity contribution in [1.29, 1.82) is 0 Å². The Bertz CT molecular complexity index is 352. The van der Waals surface area contributed by atoms with E-state index in [2.05, 4.69) is 10.5 Å². The smallest absolute Gasteiger partial charge is 0.389 e. The van der Waals surface area contributed by atoms with Crippen molar-refractivity contribution in [3.05, 3.63) is 0 Å². The lowest BCUT2D eigenvalue weighted by Gasteiger charge is -2.30. The van der Waals surface area contributed by atoms with Crippen molar-refractivity contribution in [3.8, 4) is 0 Å². The molecule has 1 rings (SSSR count). The molecule has 1 aliphatic carbocycles. The van der Waals surface area contributed by atoms with Crippen LogP contribution in [0.5, 0.6) is 0 Å². The number of carbonyl (C=O) groups excluding carboxylic acids is 1. The van der Waals surface area contributed by atoms with Gasteiger partial charge in [0.1, 0.15) is 0 Å². The second-order valence-corrected chi connectivity index (χ2v) is 5.08. The highest BCUT2D eigenvalue weighted by atomic mass is 19.4. The van der Waals surface area contributed by atoms with Gasteiger partial charge in [-0.3, -0.25) is 4.79 Å². The summed E-state index contributed by atoms with van der Waals surface area (Å²) in [6.45, 7) is 0. The van der Waals surface area contributed by atoms with Crippen LogP contribution in [0, 0.1) is 5.92 Å². The SMILES string of the molecule is NC(=NO)C(NC(=O)CCC(F)(F)F)C1CCCCC1. The molecular formula is C12H20F3N3O2. The first-order chi connectivity index (χ1) is 9.33. The summed E-state index contributed by atoms with van der Waals surface area (Å²) in [5, 5.41) is 14.1. The molecule has 0 aromatic heterocycles. The topological polar surface area (TPSA) is 87.7 Å². The van der Waals surface area contributed by atoms with Crippen molar-refractivity contribution in [2.45, 2.75) is 57.2 Å². The van der Waals surface area contributed by atoms with Crippen molar-refractivity contribution >= 4 is 11.7 Å². The lowest BCUT2D eigenvalue weighted by molar-refractivity contribution is -0.144. The molecule has 0 spiro atoms. The molecule has 1 amide bonds. The van der Waals surface area contributed by atoms with Crippen molar-refractivity contribution < 1.29 is 23.2 Å². The van der Waals surface area contributed by atoms with Crippen molar-refractivity contribution in [3.63, 3.8) is 0 Å². The molecule has 0 aromatic rings. The maximum absolute atomic E-state index is 12.1. The van der Waals surface area contributed by atoms with Crippen LogP contribution in [-0.4, -0.2) is 29.2 Å². The van der Waals surface area contributed by atoms with Gasteiger partial charge in [-0.05, 0) is 18.8 Å². The fourth-order valence-electron chi connectivity index (χ4n) is 2.46. The minimum Gasteiger partial charge on any atom is -0.409 e. The van der Waals surface area contributed by atoms with Gasteiger partial charge in [-0.2, -0.15) is 13.2 Å². The maximum Gasteiger partial charge on any atom is 0.389 e. The molecule has 0 radical (unpaired) electrons. The zero-order valence-electron chi connectivity index (χ0n) is 11.1. The van der Waals surface area contributed by atoms with Crippen LogP contribution in [0.15, 0.2) is 5.16 Å². The quantitative estimate of drug-likeness (QED) is 0.314. The fourth-order valence-corrected chi connectivity index (χ4v) is 2.46. The van der Waals surface area contributed by atoms with E-state index in [1.54, 1.807) is 0 Å². The standard InChI is InChI=1S/C12H20F3N3O2/c13-12(14,15)7-6-9(19)17-10(11(16)18-20)8-4-2-1-3-5-8/h8,10,20H,1-7H2,(H2,16,18)(H,17,19). The van der Waals surface area contributed by atoms with Gasteiger partial charge >= 0.3 is 6.18 Å². The van der Waals surface area contributed by atoms with Gasteiger partial charge in [-0.15, -0.1) is 0 Å². The second kappa shape index (κ2) is 7.35. The number of nitrogens with two attached hydrogens (primary N) is 1. The third-order valence-electron chi connectivity index (χ3n) is 3.51. The third kappa shape index (κ3) is 5.66. The Kier molecular flexibility index (Phi) is 6.09. The minimum absolute atomic E-state index is 0.00878. The largest absolute Gasteiger partial charge is 0.409 e. The fraction of sp³-hybridized carbons (Fsp3) is 0.833. The maximum atomic E-state index is 12.1. The summed E-state index contributed by atoms with van der Waals surface area (Å²) in [7, 11) is 0. The molecule has 0 bridgehead atoms. The molecule has 4 N–H and O–H groups in total. The first-order valence-corrected chi connectivity index (χ1v) is 6.67. The monoisotopic (exact) mass is 295 g/mol. The van der Waals surface area contributed by atoms with E-state index < -0.39 is 31.0 Å². The van der Waals surface area contributed by atoms with Gasteiger partial charge in [0.25, 0.3) is 0 Å². The van der Waals surface area contributed by atoms with E-state index >= 15 is 0 Å². The molecule has 8 heteroatoms. The first-order valence-electron chi connectivity index (χ1n) is 6.67. The minimum atomic E-state index is -4.37. The number of alkyl halides is 3. The Balaban J connectivity index is 2.58. The van der Waals surface area contributed by atoms with Gasteiger partial charge in [0, 0.05) is 6.42 Å². The summed E-state index contributed by atoms with van der Waals surface area (Å²) in [6.07, 6.45) is -1.55. The van der Waals surface area contributed by atoms with Crippen LogP contribution in [0.4, 0.5) is 13.2 Å². The Morgan fingerprint density at radius 3 is 2.45 bits per heavy atom. The van der Waals surface area contributed by atoms with Gasteiger partial charge in [-0.1, -0.05) is 24.4 Å². The summed E-state index contributed by atoms with van der Waals surface area (Å²) in [5.41, 5.74) is 5.54. The highest BCUT2D eigenvalue weighted by Gasteiger charge is 2.31. The number of halogens is 3. The number of nitrogens with zero attached hydrogens (tertiary/aromatic N) is 1. The highest BCUT2D eigenvalue weighted by Crippen LogP contribution is 2.27. The average Bonchev–Trinajstić information content (AvgIpc) is 2.42. The normalized spacial score (nSPS) is 19.6. The molecule has 20 heavy (non-hydrogen) atoms. The number of hydrogen-bond donors (Lipinski definition) is 3. The number of rotatable bonds is 5. The van der Waals surface area contributed by atoms with E-state index in [4.69, 9.17) is 10.9 Å². The van der Waals surface area contributed by atoms with Crippen molar-refractivity contribution in [2.75, 3.05) is 0 Å². The highest BCUT2D eigenvalue weighted by molar-refractivity contribution is 5.90. The average molecular weight is 295 g/mol. The lowest BCUT2D eigenvalue weighted by Crippen LogP contribution is -2.49. The van der Waals surface area contributed by atoms with Crippen LogP contribution < -0.4 is 11.1 Å². The Morgan fingerprint density at radius 2 is 1.95 bits per heavy atom. The van der Waals surface area contributed by atoms with Crippen LogP contribution >= 0.6 is 0 Å².